The molecule has 2 nitrogen and oxygen atoms in total. The predicted molar refractivity (Wildman–Crippen MR) is 80.0 cm³/mol. The largest absolute Gasteiger partial charge is 0.489 e. The summed E-state index contributed by atoms with van der Waals surface area (Å²) in [6.45, 7) is 1.22. The van der Waals surface area contributed by atoms with Crippen molar-refractivity contribution in [1.29, 1.82) is 0 Å². The molecule has 0 spiro atoms. The first kappa shape index (κ1) is 14.2. The first-order valence-corrected chi connectivity index (χ1v) is 6.75. The van der Waals surface area contributed by atoms with E-state index in [0.29, 0.717) is 16.7 Å². The third-order valence-corrected chi connectivity index (χ3v) is 3.56. The molecular weight excluding hydrogens is 281 g/mol. The van der Waals surface area contributed by atoms with Gasteiger partial charge in [0.25, 0.3) is 0 Å². The highest BCUT2D eigenvalue weighted by atomic mass is 35.5. The van der Waals surface area contributed by atoms with Crippen LogP contribution in [0.1, 0.15) is 11.1 Å². The Bertz CT molecular complexity index is 558. The summed E-state index contributed by atoms with van der Waals surface area (Å²) >= 11 is 12.1. The summed E-state index contributed by atoms with van der Waals surface area (Å²) in [6, 6.07) is 13.5. The second-order valence-corrected chi connectivity index (χ2v) is 4.96. The van der Waals surface area contributed by atoms with Gasteiger partial charge < -0.3 is 10.1 Å². The molecule has 100 valence electrons. The number of nitrogens with one attached hydrogen (secondary N) is 1. The van der Waals surface area contributed by atoms with Crippen LogP contribution in [0.5, 0.6) is 5.75 Å². The minimum absolute atomic E-state index is 0.405. The van der Waals surface area contributed by atoms with E-state index in [9.17, 15) is 0 Å². The molecule has 0 atom stereocenters. The zero-order valence-corrected chi connectivity index (χ0v) is 12.1. The number of rotatable bonds is 5. The summed E-state index contributed by atoms with van der Waals surface area (Å²) in [4.78, 5) is 0. The van der Waals surface area contributed by atoms with Gasteiger partial charge in [0.1, 0.15) is 12.4 Å². The van der Waals surface area contributed by atoms with E-state index in [4.69, 9.17) is 27.9 Å². The van der Waals surface area contributed by atoms with Crippen molar-refractivity contribution < 1.29 is 4.74 Å². The van der Waals surface area contributed by atoms with E-state index >= 15 is 0 Å². The van der Waals surface area contributed by atoms with Crippen molar-refractivity contribution in [1.82, 2.24) is 5.32 Å². The van der Waals surface area contributed by atoms with Crippen LogP contribution in [0.3, 0.4) is 0 Å². The van der Waals surface area contributed by atoms with Crippen LogP contribution in [-0.4, -0.2) is 7.05 Å². The zero-order chi connectivity index (χ0) is 13.7. The number of ether oxygens (including phenoxy) is 1. The van der Waals surface area contributed by atoms with Crippen molar-refractivity contribution in [2.24, 2.45) is 0 Å². The summed E-state index contributed by atoms with van der Waals surface area (Å²) < 4.78 is 5.74. The molecule has 0 aliphatic rings. The van der Waals surface area contributed by atoms with Crippen molar-refractivity contribution in [2.45, 2.75) is 13.2 Å². The van der Waals surface area contributed by atoms with E-state index in [1.165, 1.54) is 5.56 Å². The topological polar surface area (TPSA) is 21.3 Å². The van der Waals surface area contributed by atoms with E-state index < -0.39 is 0 Å². The third kappa shape index (κ3) is 3.87. The number of halogens is 2. The highest BCUT2D eigenvalue weighted by Crippen LogP contribution is 2.26. The van der Waals surface area contributed by atoms with Crippen molar-refractivity contribution >= 4 is 23.2 Å². The van der Waals surface area contributed by atoms with Gasteiger partial charge in [-0.3, -0.25) is 0 Å². The van der Waals surface area contributed by atoms with Gasteiger partial charge in [0.15, 0.2) is 0 Å². The van der Waals surface area contributed by atoms with Gasteiger partial charge in [-0.1, -0.05) is 47.5 Å². The minimum Gasteiger partial charge on any atom is -0.489 e. The van der Waals surface area contributed by atoms with Gasteiger partial charge >= 0.3 is 0 Å². The first-order valence-electron chi connectivity index (χ1n) is 6.00. The molecule has 0 heterocycles. The zero-order valence-electron chi connectivity index (χ0n) is 10.6. The fourth-order valence-electron chi connectivity index (χ4n) is 1.77. The van der Waals surface area contributed by atoms with Gasteiger partial charge in [0.2, 0.25) is 0 Å². The molecule has 1 N–H and O–H groups in total. The lowest BCUT2D eigenvalue weighted by molar-refractivity contribution is 0.306. The Morgan fingerprint density at radius 3 is 2.68 bits per heavy atom. The normalized spacial score (nSPS) is 10.5. The van der Waals surface area contributed by atoms with E-state index in [0.717, 1.165) is 17.9 Å². The molecule has 0 aliphatic carbocycles. The lowest BCUT2D eigenvalue weighted by Crippen LogP contribution is -2.05. The van der Waals surface area contributed by atoms with Gasteiger partial charge in [0, 0.05) is 12.1 Å². The quantitative estimate of drug-likeness (QED) is 0.888. The molecule has 4 heteroatoms. The van der Waals surface area contributed by atoms with Crippen molar-refractivity contribution in [3.05, 3.63) is 63.6 Å². The van der Waals surface area contributed by atoms with Crippen LogP contribution in [0.2, 0.25) is 10.0 Å². The molecule has 0 radical (unpaired) electrons. The second-order valence-electron chi connectivity index (χ2n) is 4.18. The molecule has 2 aromatic carbocycles. The average Bonchev–Trinajstić information content (AvgIpc) is 2.41. The van der Waals surface area contributed by atoms with Gasteiger partial charge in [0.05, 0.1) is 10.0 Å². The van der Waals surface area contributed by atoms with Crippen LogP contribution in [0.4, 0.5) is 0 Å². The van der Waals surface area contributed by atoms with Crippen LogP contribution in [0, 0.1) is 0 Å². The monoisotopic (exact) mass is 295 g/mol. The third-order valence-electron chi connectivity index (χ3n) is 2.71. The molecule has 0 fully saturated rings. The van der Waals surface area contributed by atoms with Gasteiger partial charge in [-0.15, -0.1) is 0 Å². The van der Waals surface area contributed by atoms with E-state index in [1.54, 1.807) is 6.07 Å². The predicted octanol–water partition coefficient (Wildman–Crippen LogP) is 4.29. The van der Waals surface area contributed by atoms with Crippen molar-refractivity contribution in [3.8, 4) is 5.75 Å². The number of hydrogen-bond acceptors (Lipinski definition) is 2. The Hall–Kier alpha value is -1.22. The lowest BCUT2D eigenvalue weighted by atomic mass is 10.2. The molecular formula is C15H15Cl2NO. The molecule has 2 aromatic rings. The molecule has 0 bridgehead atoms. The van der Waals surface area contributed by atoms with Crippen LogP contribution < -0.4 is 10.1 Å². The molecule has 2 rings (SSSR count). The minimum atomic E-state index is 0.405. The Morgan fingerprint density at radius 2 is 1.89 bits per heavy atom. The second kappa shape index (κ2) is 6.80. The van der Waals surface area contributed by atoms with Crippen molar-refractivity contribution in [3.63, 3.8) is 0 Å². The fourth-order valence-corrected chi connectivity index (χ4v) is 2.15. The highest BCUT2D eigenvalue weighted by molar-refractivity contribution is 6.42. The van der Waals surface area contributed by atoms with Crippen LogP contribution in [-0.2, 0) is 13.2 Å². The van der Waals surface area contributed by atoms with Gasteiger partial charge in [-0.25, -0.2) is 0 Å². The lowest BCUT2D eigenvalue weighted by Gasteiger charge is -2.10. The molecule has 0 amide bonds. The van der Waals surface area contributed by atoms with E-state index in [1.807, 2.05) is 37.4 Å². The van der Waals surface area contributed by atoms with E-state index in [-0.39, 0.29) is 0 Å². The maximum absolute atomic E-state index is 6.12. The number of hydrogen-bond donors (Lipinski definition) is 1. The first-order chi connectivity index (χ1) is 9.20. The van der Waals surface area contributed by atoms with E-state index in [2.05, 4.69) is 11.4 Å². The summed E-state index contributed by atoms with van der Waals surface area (Å²) in [5.74, 6) is 0.823. The average molecular weight is 296 g/mol. The SMILES string of the molecule is CNCc1cccc(OCc2cccc(Cl)c2Cl)c1. The maximum Gasteiger partial charge on any atom is 0.120 e. The molecule has 0 aromatic heterocycles. The fraction of sp³-hybridized carbons (Fsp3) is 0.200. The summed E-state index contributed by atoms with van der Waals surface area (Å²) in [5.41, 5.74) is 2.06. The Labute approximate surface area is 123 Å². The Morgan fingerprint density at radius 1 is 1.11 bits per heavy atom. The van der Waals surface area contributed by atoms with Crippen molar-refractivity contribution in [2.75, 3.05) is 7.05 Å². The molecule has 0 saturated heterocycles. The summed E-state index contributed by atoms with van der Waals surface area (Å²) in [7, 11) is 1.92. The standard InChI is InChI=1S/C15H15Cl2NO/c1-18-9-11-4-2-6-13(8-11)19-10-12-5-3-7-14(16)15(12)17/h2-8,18H,9-10H2,1H3. The number of benzene rings is 2. The molecule has 19 heavy (non-hydrogen) atoms. The van der Waals surface area contributed by atoms with Gasteiger partial charge in [-0.2, -0.15) is 0 Å². The summed E-state index contributed by atoms with van der Waals surface area (Å²) in [6.07, 6.45) is 0. The molecule has 0 aliphatic heterocycles. The van der Waals surface area contributed by atoms with Gasteiger partial charge in [-0.05, 0) is 30.8 Å². The Kier molecular flexibility index (Phi) is 5.08. The maximum atomic E-state index is 6.12. The Balaban J connectivity index is 2.06. The van der Waals surface area contributed by atoms with Crippen LogP contribution >= 0.6 is 23.2 Å². The highest BCUT2D eigenvalue weighted by Gasteiger charge is 2.05. The molecule has 0 unspecified atom stereocenters. The van der Waals surface area contributed by atoms with Crippen LogP contribution in [0.25, 0.3) is 0 Å². The smallest absolute Gasteiger partial charge is 0.120 e. The molecule has 0 saturated carbocycles. The summed E-state index contributed by atoms with van der Waals surface area (Å²) in [5, 5.41) is 4.21. The van der Waals surface area contributed by atoms with Crippen LogP contribution in [0.15, 0.2) is 42.5 Å².